The van der Waals surface area contributed by atoms with E-state index in [1.54, 1.807) is 0 Å². The lowest BCUT2D eigenvalue weighted by atomic mass is 10.1. The summed E-state index contributed by atoms with van der Waals surface area (Å²) in [6.07, 6.45) is -0.735. The Morgan fingerprint density at radius 2 is 2.08 bits per heavy atom. The number of rotatable bonds is 6. The molecule has 0 rings (SSSR count). The standard InChI is InChI=1S/C8H14O5/c1-13-8(12)4-6(10)2-3-7(11)5-9/h6,9-10H,2-5H2,1H3. The fraction of sp³-hybridized carbons (Fsp3) is 0.750. The molecular weight excluding hydrogens is 176 g/mol. The molecule has 76 valence electrons. The van der Waals surface area contributed by atoms with Crippen LogP contribution in [0, 0.1) is 0 Å². The Kier molecular flexibility index (Phi) is 6.09. The number of ketones is 1. The zero-order valence-electron chi connectivity index (χ0n) is 7.52. The number of aliphatic hydroxyl groups excluding tert-OH is 2. The molecule has 0 aliphatic rings. The van der Waals surface area contributed by atoms with Crippen LogP contribution < -0.4 is 0 Å². The van der Waals surface area contributed by atoms with Gasteiger partial charge in [-0.2, -0.15) is 0 Å². The molecule has 0 heterocycles. The van der Waals surface area contributed by atoms with Gasteiger partial charge in [-0.15, -0.1) is 0 Å². The molecule has 0 fully saturated rings. The monoisotopic (exact) mass is 190 g/mol. The molecule has 2 N–H and O–H groups in total. The summed E-state index contributed by atoms with van der Waals surface area (Å²) >= 11 is 0. The van der Waals surface area contributed by atoms with Gasteiger partial charge in [-0.05, 0) is 6.42 Å². The number of aliphatic hydroxyl groups is 2. The fourth-order valence-electron chi connectivity index (χ4n) is 0.784. The van der Waals surface area contributed by atoms with Crippen molar-refractivity contribution in [3.05, 3.63) is 0 Å². The highest BCUT2D eigenvalue weighted by Crippen LogP contribution is 2.03. The lowest BCUT2D eigenvalue weighted by molar-refractivity contribution is -0.143. The first-order valence-electron chi connectivity index (χ1n) is 3.97. The molecule has 0 amide bonds. The van der Waals surface area contributed by atoms with Gasteiger partial charge in [0.15, 0.2) is 5.78 Å². The summed E-state index contributed by atoms with van der Waals surface area (Å²) in [5.41, 5.74) is 0. The van der Waals surface area contributed by atoms with Gasteiger partial charge in [0.25, 0.3) is 0 Å². The van der Waals surface area contributed by atoms with Crippen molar-refractivity contribution in [2.75, 3.05) is 13.7 Å². The number of Topliss-reactive ketones (excluding diaryl/α,β-unsaturated/α-hetero) is 1. The Morgan fingerprint density at radius 3 is 2.54 bits per heavy atom. The number of hydrogen-bond donors (Lipinski definition) is 2. The Bertz CT molecular complexity index is 177. The van der Waals surface area contributed by atoms with Crippen LogP contribution in [0.2, 0.25) is 0 Å². The van der Waals surface area contributed by atoms with Gasteiger partial charge in [0.2, 0.25) is 0 Å². The molecule has 5 nitrogen and oxygen atoms in total. The first-order valence-corrected chi connectivity index (χ1v) is 3.97. The normalized spacial score (nSPS) is 12.2. The predicted octanol–water partition coefficient (Wildman–Crippen LogP) is -0.748. The van der Waals surface area contributed by atoms with Crippen molar-refractivity contribution in [2.45, 2.75) is 25.4 Å². The second kappa shape index (κ2) is 6.56. The molecule has 0 bridgehead atoms. The largest absolute Gasteiger partial charge is 0.469 e. The Hall–Kier alpha value is -0.940. The van der Waals surface area contributed by atoms with E-state index in [1.165, 1.54) is 7.11 Å². The SMILES string of the molecule is COC(=O)CC(O)CCC(=O)CO. The van der Waals surface area contributed by atoms with Crippen LogP contribution in [0.5, 0.6) is 0 Å². The van der Waals surface area contributed by atoms with E-state index < -0.39 is 18.7 Å². The van der Waals surface area contributed by atoms with E-state index >= 15 is 0 Å². The van der Waals surface area contributed by atoms with Gasteiger partial charge in [0, 0.05) is 6.42 Å². The average molecular weight is 190 g/mol. The van der Waals surface area contributed by atoms with Crippen LogP contribution >= 0.6 is 0 Å². The molecule has 0 aromatic rings. The van der Waals surface area contributed by atoms with Crippen LogP contribution in [0.25, 0.3) is 0 Å². The van der Waals surface area contributed by atoms with Gasteiger partial charge in [-0.3, -0.25) is 9.59 Å². The van der Waals surface area contributed by atoms with E-state index in [-0.39, 0.29) is 25.0 Å². The second-order valence-electron chi connectivity index (χ2n) is 2.67. The van der Waals surface area contributed by atoms with Crippen LogP contribution in [0.3, 0.4) is 0 Å². The van der Waals surface area contributed by atoms with Crippen molar-refractivity contribution < 1.29 is 24.5 Å². The number of hydrogen-bond acceptors (Lipinski definition) is 5. The second-order valence-corrected chi connectivity index (χ2v) is 2.67. The Morgan fingerprint density at radius 1 is 1.46 bits per heavy atom. The molecule has 0 aliphatic heterocycles. The summed E-state index contributed by atoms with van der Waals surface area (Å²) in [5, 5.41) is 17.5. The maximum Gasteiger partial charge on any atom is 0.308 e. The third kappa shape index (κ3) is 6.24. The summed E-state index contributed by atoms with van der Waals surface area (Å²) in [5.74, 6) is -0.854. The molecule has 5 heteroatoms. The minimum Gasteiger partial charge on any atom is -0.469 e. The van der Waals surface area contributed by atoms with Crippen molar-refractivity contribution >= 4 is 11.8 Å². The van der Waals surface area contributed by atoms with Gasteiger partial charge in [-0.1, -0.05) is 0 Å². The zero-order chi connectivity index (χ0) is 10.3. The molecule has 0 saturated heterocycles. The Balaban J connectivity index is 3.56. The van der Waals surface area contributed by atoms with Crippen molar-refractivity contribution in [1.82, 2.24) is 0 Å². The van der Waals surface area contributed by atoms with E-state index in [4.69, 9.17) is 10.2 Å². The summed E-state index contributed by atoms with van der Waals surface area (Å²) in [7, 11) is 1.23. The maximum absolute atomic E-state index is 10.6. The topological polar surface area (TPSA) is 83.8 Å². The molecule has 0 saturated carbocycles. The van der Waals surface area contributed by atoms with Gasteiger partial charge in [0.1, 0.15) is 6.61 Å². The van der Waals surface area contributed by atoms with Crippen molar-refractivity contribution in [3.63, 3.8) is 0 Å². The molecule has 13 heavy (non-hydrogen) atoms. The third-order valence-corrected chi connectivity index (χ3v) is 1.56. The lowest BCUT2D eigenvalue weighted by Crippen LogP contribution is -2.16. The fourth-order valence-corrected chi connectivity index (χ4v) is 0.784. The summed E-state index contributed by atoms with van der Waals surface area (Å²) in [4.78, 5) is 21.2. The molecule has 0 radical (unpaired) electrons. The van der Waals surface area contributed by atoms with E-state index in [0.717, 1.165) is 0 Å². The van der Waals surface area contributed by atoms with Crippen molar-refractivity contribution in [2.24, 2.45) is 0 Å². The third-order valence-electron chi connectivity index (χ3n) is 1.56. The van der Waals surface area contributed by atoms with Crippen molar-refractivity contribution in [1.29, 1.82) is 0 Å². The van der Waals surface area contributed by atoms with Gasteiger partial charge >= 0.3 is 5.97 Å². The van der Waals surface area contributed by atoms with Crippen LogP contribution in [0.1, 0.15) is 19.3 Å². The predicted molar refractivity (Wildman–Crippen MR) is 44.0 cm³/mol. The average Bonchev–Trinajstić information content (AvgIpc) is 2.13. The number of carbonyl (C=O) groups is 2. The van der Waals surface area contributed by atoms with Crippen molar-refractivity contribution in [3.8, 4) is 0 Å². The van der Waals surface area contributed by atoms with Gasteiger partial charge in [0.05, 0.1) is 19.6 Å². The van der Waals surface area contributed by atoms with Gasteiger partial charge < -0.3 is 14.9 Å². The van der Waals surface area contributed by atoms with Gasteiger partial charge in [-0.25, -0.2) is 0 Å². The highest BCUT2D eigenvalue weighted by molar-refractivity contribution is 5.79. The number of carbonyl (C=O) groups excluding carboxylic acids is 2. The highest BCUT2D eigenvalue weighted by atomic mass is 16.5. The molecule has 1 atom stereocenters. The highest BCUT2D eigenvalue weighted by Gasteiger charge is 2.12. The number of methoxy groups -OCH3 is 1. The first-order chi connectivity index (χ1) is 6.10. The number of esters is 1. The minimum atomic E-state index is -0.872. The smallest absolute Gasteiger partial charge is 0.308 e. The molecular formula is C8H14O5. The summed E-state index contributed by atoms with van der Waals surface area (Å²) in [6, 6.07) is 0. The maximum atomic E-state index is 10.6. The molecule has 0 aromatic carbocycles. The molecule has 1 unspecified atom stereocenters. The Labute approximate surface area is 76.3 Å². The minimum absolute atomic E-state index is 0.0780. The van der Waals surface area contributed by atoms with Crippen LogP contribution in [-0.2, 0) is 14.3 Å². The molecule has 0 spiro atoms. The van der Waals surface area contributed by atoms with E-state index in [0.29, 0.717) is 0 Å². The summed E-state index contributed by atoms with van der Waals surface area (Å²) in [6.45, 7) is -0.523. The van der Waals surface area contributed by atoms with Crippen LogP contribution in [0.15, 0.2) is 0 Å². The van der Waals surface area contributed by atoms with E-state index in [9.17, 15) is 9.59 Å². The van der Waals surface area contributed by atoms with E-state index in [2.05, 4.69) is 4.74 Å². The zero-order valence-corrected chi connectivity index (χ0v) is 7.52. The van der Waals surface area contributed by atoms with E-state index in [1.807, 2.05) is 0 Å². The van der Waals surface area contributed by atoms with Crippen LogP contribution in [0.4, 0.5) is 0 Å². The quantitative estimate of drug-likeness (QED) is 0.538. The lowest BCUT2D eigenvalue weighted by Gasteiger charge is -2.07. The molecule has 0 aromatic heterocycles. The van der Waals surface area contributed by atoms with Crippen LogP contribution in [-0.4, -0.2) is 41.8 Å². The summed E-state index contributed by atoms with van der Waals surface area (Å²) < 4.78 is 4.32. The first kappa shape index (κ1) is 12.1. The number of ether oxygens (including phenoxy) is 1. The molecule has 0 aliphatic carbocycles.